The Labute approximate surface area is 153 Å². The molecule has 6 nitrogen and oxygen atoms in total. The fourth-order valence-corrected chi connectivity index (χ4v) is 4.07. The van der Waals surface area contributed by atoms with Crippen LogP contribution in [0.4, 0.5) is 5.82 Å². The van der Waals surface area contributed by atoms with Gasteiger partial charge in [0, 0.05) is 36.3 Å². The molecule has 0 aromatic carbocycles. The first kappa shape index (κ1) is 16.0. The summed E-state index contributed by atoms with van der Waals surface area (Å²) in [5, 5.41) is 8.29. The van der Waals surface area contributed by atoms with Gasteiger partial charge >= 0.3 is 0 Å². The van der Waals surface area contributed by atoms with Gasteiger partial charge in [-0.2, -0.15) is 5.10 Å². The fraction of sp³-hybridized carbons (Fsp3) is 0.600. The molecule has 3 aliphatic rings. The average molecular weight is 351 g/mol. The van der Waals surface area contributed by atoms with Crippen molar-refractivity contribution in [2.24, 2.45) is 0 Å². The molecule has 3 saturated carbocycles. The number of anilines is 1. The van der Waals surface area contributed by atoms with Crippen LogP contribution in [-0.4, -0.2) is 25.8 Å². The molecule has 0 unspecified atom stereocenters. The monoisotopic (exact) mass is 351 g/mol. The highest BCUT2D eigenvalue weighted by atomic mass is 16.1. The Hall–Kier alpha value is -2.24. The molecule has 2 aromatic rings. The molecule has 3 fully saturated rings. The molecule has 2 aromatic heterocycles. The van der Waals surface area contributed by atoms with Crippen LogP contribution in [0.15, 0.2) is 29.3 Å². The van der Waals surface area contributed by atoms with E-state index >= 15 is 0 Å². The smallest absolute Gasteiger partial charge is 0.267 e. The molecular formula is C20H25N5O. The summed E-state index contributed by atoms with van der Waals surface area (Å²) in [6.45, 7) is 0. The summed E-state index contributed by atoms with van der Waals surface area (Å²) in [5.41, 5.74) is 2.26. The van der Waals surface area contributed by atoms with Crippen LogP contribution in [0.2, 0.25) is 0 Å². The molecule has 136 valence electrons. The zero-order valence-electron chi connectivity index (χ0n) is 15.0. The molecule has 0 saturated heterocycles. The number of aromatic nitrogens is 4. The van der Waals surface area contributed by atoms with Crippen LogP contribution < -0.4 is 10.9 Å². The van der Waals surface area contributed by atoms with Gasteiger partial charge in [-0.25, -0.2) is 9.67 Å². The van der Waals surface area contributed by atoms with Crippen LogP contribution in [0.1, 0.15) is 80.6 Å². The van der Waals surface area contributed by atoms with Crippen LogP contribution in [0, 0.1) is 0 Å². The lowest BCUT2D eigenvalue weighted by atomic mass is 9.91. The number of hydrogen-bond acceptors (Lipinski definition) is 5. The zero-order chi connectivity index (χ0) is 17.5. The van der Waals surface area contributed by atoms with Gasteiger partial charge in [0.15, 0.2) is 0 Å². The van der Waals surface area contributed by atoms with Crippen molar-refractivity contribution in [3.63, 3.8) is 0 Å². The third-order valence-electron chi connectivity index (χ3n) is 5.92. The summed E-state index contributed by atoms with van der Waals surface area (Å²) in [5.74, 6) is 2.14. The van der Waals surface area contributed by atoms with E-state index in [2.05, 4.69) is 20.4 Å². The van der Waals surface area contributed by atoms with Crippen LogP contribution in [0.3, 0.4) is 0 Å². The van der Waals surface area contributed by atoms with Gasteiger partial charge in [0.05, 0.1) is 17.4 Å². The molecule has 5 rings (SSSR count). The van der Waals surface area contributed by atoms with E-state index in [4.69, 9.17) is 0 Å². The highest BCUT2D eigenvalue weighted by Crippen LogP contribution is 2.42. The molecule has 2 heterocycles. The zero-order valence-corrected chi connectivity index (χ0v) is 15.0. The van der Waals surface area contributed by atoms with Gasteiger partial charge in [0.2, 0.25) is 0 Å². The molecule has 0 aliphatic heterocycles. The van der Waals surface area contributed by atoms with E-state index in [9.17, 15) is 4.79 Å². The first-order valence-electron chi connectivity index (χ1n) is 9.95. The number of nitrogens with one attached hydrogen (secondary N) is 1. The summed E-state index contributed by atoms with van der Waals surface area (Å²) in [6, 6.07) is 4.25. The maximum Gasteiger partial charge on any atom is 0.267 e. The normalized spacial score (nSPS) is 25.8. The molecule has 6 heteroatoms. The second-order valence-electron chi connectivity index (χ2n) is 8.03. The Kier molecular flexibility index (Phi) is 3.98. The molecule has 0 atom stereocenters. The molecule has 0 amide bonds. The van der Waals surface area contributed by atoms with Crippen molar-refractivity contribution in [3.05, 3.63) is 46.3 Å². The molecule has 3 aliphatic carbocycles. The second-order valence-corrected chi connectivity index (χ2v) is 8.03. The van der Waals surface area contributed by atoms with Gasteiger partial charge in [-0.05, 0) is 57.4 Å². The van der Waals surface area contributed by atoms with Crippen LogP contribution in [0.25, 0.3) is 0 Å². The lowest BCUT2D eigenvalue weighted by Gasteiger charge is -2.30. The van der Waals surface area contributed by atoms with Crippen molar-refractivity contribution in [2.75, 3.05) is 5.32 Å². The quantitative estimate of drug-likeness (QED) is 0.894. The molecule has 26 heavy (non-hydrogen) atoms. The predicted octanol–water partition coefficient (Wildman–Crippen LogP) is 3.38. The Balaban J connectivity index is 1.25. The van der Waals surface area contributed by atoms with Gasteiger partial charge in [-0.3, -0.25) is 9.78 Å². The maximum absolute atomic E-state index is 12.3. The van der Waals surface area contributed by atoms with Crippen molar-refractivity contribution in [1.29, 1.82) is 0 Å². The van der Waals surface area contributed by atoms with E-state index < -0.39 is 0 Å². The SMILES string of the molecule is O=c1ccc(C2CC2)nn1C1CCC(Nc2nccnc2C2CC2)CC1. The standard InChI is InChI=1S/C20H25N5O/c26-18-10-9-17(13-1-2-13)24-25(18)16-7-5-15(6-8-16)23-20-19(14-3-4-14)21-11-12-22-20/h9-16H,1-8H2,(H,22,23). The number of rotatable bonds is 5. The topological polar surface area (TPSA) is 72.7 Å². The van der Waals surface area contributed by atoms with E-state index in [0.717, 1.165) is 42.9 Å². The first-order chi connectivity index (χ1) is 12.8. The van der Waals surface area contributed by atoms with Crippen LogP contribution in [-0.2, 0) is 0 Å². The summed E-state index contributed by atoms with van der Waals surface area (Å²) in [6.07, 6.45) is 12.5. The van der Waals surface area contributed by atoms with Gasteiger partial charge < -0.3 is 5.32 Å². The Morgan fingerprint density at radius 3 is 2.35 bits per heavy atom. The highest BCUT2D eigenvalue weighted by molar-refractivity contribution is 5.44. The lowest BCUT2D eigenvalue weighted by molar-refractivity contribution is 0.301. The van der Waals surface area contributed by atoms with E-state index in [1.165, 1.54) is 25.7 Å². The van der Waals surface area contributed by atoms with Crippen LogP contribution in [0.5, 0.6) is 0 Å². The average Bonchev–Trinajstić information content (AvgIpc) is 3.57. The Bertz CT molecular complexity index is 847. The third-order valence-corrected chi connectivity index (χ3v) is 5.92. The second kappa shape index (κ2) is 6.49. The highest BCUT2D eigenvalue weighted by Gasteiger charge is 2.31. The van der Waals surface area contributed by atoms with E-state index in [1.807, 2.05) is 6.07 Å². The number of hydrogen-bond donors (Lipinski definition) is 1. The van der Waals surface area contributed by atoms with Crippen molar-refractivity contribution < 1.29 is 0 Å². The van der Waals surface area contributed by atoms with E-state index in [-0.39, 0.29) is 11.6 Å². The number of nitrogens with zero attached hydrogens (tertiary/aromatic N) is 4. The minimum atomic E-state index is 0.0377. The molecule has 0 radical (unpaired) electrons. The van der Waals surface area contributed by atoms with Crippen LogP contribution >= 0.6 is 0 Å². The molecular weight excluding hydrogens is 326 g/mol. The van der Waals surface area contributed by atoms with Gasteiger partial charge in [-0.1, -0.05) is 0 Å². The Morgan fingerprint density at radius 2 is 1.62 bits per heavy atom. The summed E-state index contributed by atoms with van der Waals surface area (Å²) in [4.78, 5) is 21.3. The lowest BCUT2D eigenvalue weighted by Crippen LogP contribution is -2.33. The Morgan fingerprint density at radius 1 is 0.885 bits per heavy atom. The molecule has 1 N–H and O–H groups in total. The van der Waals surface area contributed by atoms with Crippen molar-refractivity contribution in [2.45, 2.75) is 75.3 Å². The maximum atomic E-state index is 12.3. The summed E-state index contributed by atoms with van der Waals surface area (Å²) < 4.78 is 1.75. The van der Waals surface area contributed by atoms with Crippen molar-refractivity contribution in [1.82, 2.24) is 19.7 Å². The van der Waals surface area contributed by atoms with Gasteiger partial charge in [0.25, 0.3) is 5.56 Å². The first-order valence-corrected chi connectivity index (χ1v) is 9.95. The largest absolute Gasteiger partial charge is 0.366 e. The summed E-state index contributed by atoms with van der Waals surface area (Å²) in [7, 11) is 0. The van der Waals surface area contributed by atoms with Gasteiger partial charge in [-0.15, -0.1) is 0 Å². The van der Waals surface area contributed by atoms with E-state index in [0.29, 0.717) is 17.9 Å². The van der Waals surface area contributed by atoms with Gasteiger partial charge in [0.1, 0.15) is 5.82 Å². The fourth-order valence-electron chi connectivity index (χ4n) is 4.07. The predicted molar refractivity (Wildman–Crippen MR) is 99.4 cm³/mol. The molecule has 0 spiro atoms. The minimum Gasteiger partial charge on any atom is -0.366 e. The van der Waals surface area contributed by atoms with E-state index in [1.54, 1.807) is 23.1 Å². The third kappa shape index (κ3) is 3.24. The summed E-state index contributed by atoms with van der Waals surface area (Å²) >= 11 is 0. The van der Waals surface area contributed by atoms with Crippen molar-refractivity contribution in [3.8, 4) is 0 Å². The van der Waals surface area contributed by atoms with Crippen molar-refractivity contribution >= 4 is 5.82 Å². The molecule has 0 bridgehead atoms. The minimum absolute atomic E-state index is 0.0377.